The van der Waals surface area contributed by atoms with Crippen molar-refractivity contribution in [2.75, 3.05) is 6.54 Å². The molecule has 1 atom stereocenters. The lowest BCUT2D eigenvalue weighted by Gasteiger charge is -2.24. The highest BCUT2D eigenvalue weighted by atomic mass is 15.5. The molecule has 8 nitrogen and oxygen atoms in total. The topological polar surface area (TPSA) is 77.5 Å². The van der Waals surface area contributed by atoms with Crippen LogP contribution in [0.3, 0.4) is 0 Å². The molecule has 3 heterocycles. The molecule has 0 N–H and O–H groups in total. The molecule has 0 aliphatic carbocycles. The zero-order chi connectivity index (χ0) is 17.2. The molecule has 0 radical (unpaired) electrons. The fourth-order valence-corrected chi connectivity index (χ4v) is 3.50. The van der Waals surface area contributed by atoms with Crippen LogP contribution in [0.15, 0.2) is 30.3 Å². The molecule has 1 fully saturated rings. The molecule has 0 saturated carbocycles. The number of likely N-dealkylation sites (tertiary alicyclic amines) is 1. The lowest BCUT2D eigenvalue weighted by atomic mass is 10.2. The minimum atomic E-state index is 0.431. The number of para-hydroxylation sites is 1. The maximum absolute atomic E-state index is 4.50. The summed E-state index contributed by atoms with van der Waals surface area (Å²) in [4.78, 5) is 6.85. The Kier molecular flexibility index (Phi) is 4.27. The summed E-state index contributed by atoms with van der Waals surface area (Å²) in [5, 5.41) is 16.8. The third kappa shape index (κ3) is 3.30. The molecule has 8 heteroatoms. The van der Waals surface area contributed by atoms with E-state index in [9.17, 15) is 0 Å². The summed E-state index contributed by atoms with van der Waals surface area (Å²) in [5.41, 5.74) is 0.987. The maximum Gasteiger partial charge on any atom is 0.170 e. The predicted octanol–water partition coefficient (Wildman–Crippen LogP) is 1.54. The molecule has 0 spiro atoms. The molecule has 1 saturated heterocycles. The molecule has 1 aromatic carbocycles. The van der Waals surface area contributed by atoms with Gasteiger partial charge in [-0.05, 0) is 55.8 Å². The van der Waals surface area contributed by atoms with Gasteiger partial charge in [0.05, 0.1) is 18.8 Å². The number of hydrogen-bond donors (Lipinski definition) is 0. The van der Waals surface area contributed by atoms with Gasteiger partial charge in [-0.25, -0.2) is 9.67 Å². The first-order valence-electron chi connectivity index (χ1n) is 8.65. The van der Waals surface area contributed by atoms with E-state index < -0.39 is 0 Å². The molecule has 130 valence electrons. The van der Waals surface area contributed by atoms with Gasteiger partial charge in [0.15, 0.2) is 5.82 Å². The van der Waals surface area contributed by atoms with E-state index in [1.54, 1.807) is 0 Å². The molecule has 25 heavy (non-hydrogen) atoms. The van der Waals surface area contributed by atoms with Crippen molar-refractivity contribution in [3.05, 3.63) is 47.8 Å². The molecule has 0 unspecified atom stereocenters. The Balaban J connectivity index is 1.51. The number of hydrogen-bond acceptors (Lipinski definition) is 6. The second-order valence-corrected chi connectivity index (χ2v) is 6.50. The van der Waals surface area contributed by atoms with Gasteiger partial charge in [0.25, 0.3) is 0 Å². The van der Waals surface area contributed by atoms with Gasteiger partial charge < -0.3 is 0 Å². The average Bonchev–Trinajstić information content (AvgIpc) is 3.31. The highest BCUT2D eigenvalue weighted by Gasteiger charge is 2.27. The van der Waals surface area contributed by atoms with Gasteiger partial charge in [0, 0.05) is 6.04 Å². The monoisotopic (exact) mass is 338 g/mol. The summed E-state index contributed by atoms with van der Waals surface area (Å²) in [5.74, 6) is 2.66. The fraction of sp³-hybridized carbons (Fsp3) is 0.471. The van der Waals surface area contributed by atoms with Gasteiger partial charge >= 0.3 is 0 Å². The van der Waals surface area contributed by atoms with E-state index in [1.165, 1.54) is 6.42 Å². The van der Waals surface area contributed by atoms with Crippen molar-refractivity contribution in [2.45, 2.75) is 45.8 Å². The minimum absolute atomic E-state index is 0.431. The third-order valence-electron chi connectivity index (χ3n) is 4.72. The Bertz CT molecular complexity index is 837. The standard InChI is InChI=1S/C17H22N8/c1-13-18-14(2)24(20-13)11-16-9-6-10-23(16)12-17-19-21-22-25(17)15-7-4-3-5-8-15/h3-5,7-8,16H,6,9-12H2,1-2H3/t16-/m1/s1. The van der Waals surface area contributed by atoms with Crippen molar-refractivity contribution in [2.24, 2.45) is 0 Å². The van der Waals surface area contributed by atoms with E-state index in [0.29, 0.717) is 6.04 Å². The Hall–Kier alpha value is -2.61. The van der Waals surface area contributed by atoms with E-state index in [-0.39, 0.29) is 0 Å². The van der Waals surface area contributed by atoms with E-state index in [4.69, 9.17) is 0 Å². The number of rotatable bonds is 5. The molecule has 3 aromatic rings. The Morgan fingerprint density at radius 3 is 2.76 bits per heavy atom. The van der Waals surface area contributed by atoms with Crippen molar-refractivity contribution in [1.29, 1.82) is 0 Å². The van der Waals surface area contributed by atoms with Crippen molar-refractivity contribution in [3.63, 3.8) is 0 Å². The average molecular weight is 338 g/mol. The van der Waals surface area contributed by atoms with Gasteiger partial charge in [-0.2, -0.15) is 9.78 Å². The third-order valence-corrected chi connectivity index (χ3v) is 4.72. The van der Waals surface area contributed by atoms with Crippen LogP contribution in [-0.2, 0) is 13.1 Å². The molecule has 2 aromatic heterocycles. The van der Waals surface area contributed by atoms with Gasteiger partial charge in [0.1, 0.15) is 11.6 Å². The zero-order valence-electron chi connectivity index (χ0n) is 14.6. The highest BCUT2D eigenvalue weighted by Crippen LogP contribution is 2.21. The lowest BCUT2D eigenvalue weighted by molar-refractivity contribution is 0.211. The first kappa shape index (κ1) is 15.9. The van der Waals surface area contributed by atoms with Crippen LogP contribution in [0.25, 0.3) is 5.69 Å². The molecule has 0 bridgehead atoms. The maximum atomic E-state index is 4.50. The van der Waals surface area contributed by atoms with Crippen LogP contribution < -0.4 is 0 Å². The summed E-state index contributed by atoms with van der Waals surface area (Å²) in [7, 11) is 0. The Morgan fingerprint density at radius 2 is 2.00 bits per heavy atom. The van der Waals surface area contributed by atoms with Crippen LogP contribution in [0.5, 0.6) is 0 Å². The summed E-state index contributed by atoms with van der Waals surface area (Å²) in [6.45, 7) is 6.59. The molecule has 1 aliphatic rings. The molecule has 4 rings (SSSR count). The van der Waals surface area contributed by atoms with Gasteiger partial charge in [-0.1, -0.05) is 18.2 Å². The van der Waals surface area contributed by atoms with Crippen LogP contribution in [0.1, 0.15) is 30.3 Å². The summed E-state index contributed by atoms with van der Waals surface area (Å²) in [6.07, 6.45) is 2.34. The number of benzene rings is 1. The fourth-order valence-electron chi connectivity index (χ4n) is 3.50. The number of aromatic nitrogens is 7. The Labute approximate surface area is 146 Å². The van der Waals surface area contributed by atoms with Crippen LogP contribution in [0, 0.1) is 13.8 Å². The number of aryl methyl sites for hydroxylation is 2. The predicted molar refractivity (Wildman–Crippen MR) is 92.1 cm³/mol. The van der Waals surface area contributed by atoms with Crippen molar-refractivity contribution in [3.8, 4) is 5.69 Å². The quantitative estimate of drug-likeness (QED) is 0.702. The molecule has 0 amide bonds. The second-order valence-electron chi connectivity index (χ2n) is 6.50. The SMILES string of the molecule is Cc1nc(C)n(C[C@H]2CCCN2Cc2nnnn2-c2ccccc2)n1. The van der Waals surface area contributed by atoms with Crippen LogP contribution in [-0.4, -0.2) is 52.5 Å². The lowest BCUT2D eigenvalue weighted by Crippen LogP contribution is -2.34. The van der Waals surface area contributed by atoms with E-state index in [2.05, 4.69) is 30.5 Å². The van der Waals surface area contributed by atoms with Crippen LogP contribution in [0.2, 0.25) is 0 Å². The van der Waals surface area contributed by atoms with Gasteiger partial charge in [-0.3, -0.25) is 4.90 Å². The first-order chi connectivity index (χ1) is 12.2. The minimum Gasteiger partial charge on any atom is -0.291 e. The highest BCUT2D eigenvalue weighted by molar-refractivity contribution is 5.30. The molecular formula is C17H22N8. The zero-order valence-corrected chi connectivity index (χ0v) is 14.6. The van der Waals surface area contributed by atoms with Crippen LogP contribution >= 0.6 is 0 Å². The normalized spacial score (nSPS) is 18.1. The Morgan fingerprint density at radius 1 is 1.16 bits per heavy atom. The van der Waals surface area contributed by atoms with E-state index in [0.717, 1.165) is 49.2 Å². The van der Waals surface area contributed by atoms with Crippen molar-refractivity contribution in [1.82, 2.24) is 39.9 Å². The molecule has 1 aliphatic heterocycles. The summed E-state index contributed by atoms with van der Waals surface area (Å²) in [6, 6.07) is 10.4. The first-order valence-corrected chi connectivity index (χ1v) is 8.65. The van der Waals surface area contributed by atoms with Crippen LogP contribution in [0.4, 0.5) is 0 Å². The second kappa shape index (κ2) is 6.72. The number of tetrazole rings is 1. The smallest absolute Gasteiger partial charge is 0.170 e. The largest absolute Gasteiger partial charge is 0.291 e. The number of nitrogens with zero attached hydrogens (tertiary/aromatic N) is 8. The summed E-state index contributed by atoms with van der Waals surface area (Å²) < 4.78 is 3.83. The van der Waals surface area contributed by atoms with Gasteiger partial charge in [-0.15, -0.1) is 5.10 Å². The van der Waals surface area contributed by atoms with E-state index >= 15 is 0 Å². The van der Waals surface area contributed by atoms with Gasteiger partial charge in [0.2, 0.25) is 0 Å². The van der Waals surface area contributed by atoms with Crippen molar-refractivity contribution < 1.29 is 0 Å². The molecular weight excluding hydrogens is 316 g/mol. The summed E-state index contributed by atoms with van der Waals surface area (Å²) >= 11 is 0. The van der Waals surface area contributed by atoms with E-state index in [1.807, 2.05) is 53.5 Å². The van der Waals surface area contributed by atoms with Crippen molar-refractivity contribution >= 4 is 0 Å².